The summed E-state index contributed by atoms with van der Waals surface area (Å²) in [6.07, 6.45) is 3.56. The number of ether oxygens (including phenoxy) is 4. The molecule has 13 heteroatoms. The molecule has 0 radical (unpaired) electrons. The number of nitrogens with two attached hydrogens (primary N) is 2. The molecular weight excluding hydrogens is 536 g/mol. The van der Waals surface area contributed by atoms with Crippen molar-refractivity contribution in [2.75, 3.05) is 34.2 Å². The van der Waals surface area contributed by atoms with Crippen LogP contribution >= 0.6 is 0 Å². The summed E-state index contributed by atoms with van der Waals surface area (Å²) in [5.74, 6) is 0.656. The molecule has 0 saturated heterocycles. The topological polar surface area (TPSA) is 177 Å². The number of hydrogen-bond acceptors (Lipinski definition) is 10. The lowest BCUT2D eigenvalue weighted by Gasteiger charge is -2.36. The Labute approximate surface area is 222 Å². The van der Waals surface area contributed by atoms with Crippen LogP contribution in [-0.2, 0) is 25.5 Å². The van der Waals surface area contributed by atoms with Gasteiger partial charge in [-0.15, -0.1) is 0 Å². The van der Waals surface area contributed by atoms with E-state index in [2.05, 4.69) is 0 Å². The van der Waals surface area contributed by atoms with Crippen LogP contribution in [0.25, 0.3) is 6.08 Å². The molecule has 206 valence electrons. The highest BCUT2D eigenvalue weighted by Crippen LogP contribution is 2.40. The summed E-state index contributed by atoms with van der Waals surface area (Å²) in [6, 6.07) is 9.52. The van der Waals surface area contributed by atoms with Crippen LogP contribution in [0.15, 0.2) is 65.2 Å². The second-order valence-electron chi connectivity index (χ2n) is 8.42. The van der Waals surface area contributed by atoms with Crippen molar-refractivity contribution in [3.8, 4) is 23.0 Å². The number of rotatable bonds is 10. The van der Waals surface area contributed by atoms with Crippen molar-refractivity contribution in [2.24, 2.45) is 11.5 Å². The molecular formula is C25H30N2O9S2. The summed E-state index contributed by atoms with van der Waals surface area (Å²) in [4.78, 5) is 0. The van der Waals surface area contributed by atoms with E-state index in [0.717, 1.165) is 11.5 Å². The smallest absolute Gasteiger partial charge is 0.273 e. The number of sulfone groups is 1. The Bertz CT molecular complexity index is 1490. The van der Waals surface area contributed by atoms with Crippen molar-refractivity contribution in [1.82, 2.24) is 0 Å². The summed E-state index contributed by atoms with van der Waals surface area (Å²) in [7, 11) is -3.16. The minimum Gasteiger partial charge on any atom is -0.496 e. The van der Waals surface area contributed by atoms with Gasteiger partial charge in [-0.3, -0.25) is 4.55 Å². The first-order valence-electron chi connectivity index (χ1n) is 11.1. The molecule has 1 aliphatic rings. The van der Waals surface area contributed by atoms with Crippen molar-refractivity contribution in [2.45, 2.75) is 10.8 Å². The fourth-order valence-electron chi connectivity index (χ4n) is 4.18. The van der Waals surface area contributed by atoms with Gasteiger partial charge in [0.2, 0.25) is 0 Å². The highest BCUT2D eigenvalue weighted by molar-refractivity contribution is 7.94. The predicted molar refractivity (Wildman–Crippen MR) is 143 cm³/mol. The molecule has 0 aromatic heterocycles. The van der Waals surface area contributed by atoms with Gasteiger partial charge in [0.05, 0.1) is 45.3 Å². The third-order valence-corrected chi connectivity index (χ3v) is 8.47. The van der Waals surface area contributed by atoms with Crippen LogP contribution in [0.4, 0.5) is 0 Å². The summed E-state index contributed by atoms with van der Waals surface area (Å²) in [6.45, 7) is 0. The van der Waals surface area contributed by atoms with E-state index in [4.69, 9.17) is 30.4 Å². The van der Waals surface area contributed by atoms with Crippen molar-refractivity contribution in [3.63, 3.8) is 0 Å². The normalized spacial score (nSPS) is 20.0. The first-order valence-corrected chi connectivity index (χ1v) is 14.3. The standard InChI is InChI=1S/C25H30N2O9S2/c1-33-17-12-22(35-3)18(23(13-17)36-4)9-10-37(28,29)15-16-11-24(38(30,31)32)25(27,14-20(16)26)19-7-5-6-8-21(19)34-2/h5-14,24H,15,26-27H2,1-4H3,(H,30,31,32)/b10-9+. The Morgan fingerprint density at radius 3 is 2.05 bits per heavy atom. The lowest BCUT2D eigenvalue weighted by atomic mass is 9.81. The minimum absolute atomic E-state index is 0.0399. The quantitative estimate of drug-likeness (QED) is 0.358. The Morgan fingerprint density at radius 2 is 1.53 bits per heavy atom. The van der Waals surface area contributed by atoms with Gasteiger partial charge < -0.3 is 30.4 Å². The molecule has 0 fully saturated rings. The van der Waals surface area contributed by atoms with E-state index in [1.165, 1.54) is 46.7 Å². The van der Waals surface area contributed by atoms with E-state index < -0.39 is 36.5 Å². The van der Waals surface area contributed by atoms with E-state index >= 15 is 0 Å². The second kappa shape index (κ2) is 11.1. The molecule has 2 aromatic carbocycles. The van der Waals surface area contributed by atoms with Crippen LogP contribution in [0.3, 0.4) is 0 Å². The maximum atomic E-state index is 13.0. The zero-order valence-corrected chi connectivity index (χ0v) is 22.9. The SMILES string of the molecule is COc1cc(OC)c(/C=C/S(=O)(=O)CC2=CC(S(=O)(=O)O)C(N)(c3ccccc3OC)C=C2N)c(OC)c1. The Morgan fingerprint density at radius 1 is 0.947 bits per heavy atom. The number of methoxy groups -OCH3 is 4. The molecule has 5 N–H and O–H groups in total. The van der Waals surface area contributed by atoms with Gasteiger partial charge in [0, 0.05) is 28.8 Å². The zero-order valence-electron chi connectivity index (χ0n) is 21.2. The van der Waals surface area contributed by atoms with Crippen LogP contribution in [0.2, 0.25) is 0 Å². The highest BCUT2D eigenvalue weighted by Gasteiger charge is 2.46. The summed E-state index contributed by atoms with van der Waals surface area (Å²) < 4.78 is 82.2. The van der Waals surface area contributed by atoms with E-state index in [1.54, 1.807) is 30.3 Å². The maximum Gasteiger partial charge on any atom is 0.273 e. The fourth-order valence-corrected chi connectivity index (χ4v) is 6.34. The molecule has 0 bridgehead atoms. The van der Waals surface area contributed by atoms with E-state index in [-0.39, 0.29) is 22.6 Å². The van der Waals surface area contributed by atoms with Crippen LogP contribution in [-0.4, -0.2) is 60.8 Å². The van der Waals surface area contributed by atoms with Gasteiger partial charge in [-0.1, -0.05) is 24.3 Å². The Kier molecular flexibility index (Phi) is 8.46. The molecule has 0 amide bonds. The predicted octanol–water partition coefficient (Wildman–Crippen LogP) is 2.00. The fraction of sp³-hybridized carbons (Fsp3) is 0.280. The van der Waals surface area contributed by atoms with Gasteiger partial charge in [-0.2, -0.15) is 8.42 Å². The molecule has 0 aliphatic heterocycles. The maximum absolute atomic E-state index is 13.0. The Balaban J connectivity index is 2.02. The van der Waals surface area contributed by atoms with Gasteiger partial charge in [0.15, 0.2) is 9.84 Å². The van der Waals surface area contributed by atoms with Crippen molar-refractivity contribution >= 4 is 26.0 Å². The van der Waals surface area contributed by atoms with Crippen molar-refractivity contribution in [1.29, 1.82) is 0 Å². The molecule has 0 saturated carbocycles. The molecule has 0 spiro atoms. The van der Waals surface area contributed by atoms with Gasteiger partial charge in [0.25, 0.3) is 10.1 Å². The number of hydrogen-bond donors (Lipinski definition) is 3. The van der Waals surface area contributed by atoms with Gasteiger partial charge >= 0.3 is 0 Å². The summed E-state index contributed by atoms with van der Waals surface area (Å²) >= 11 is 0. The lowest BCUT2D eigenvalue weighted by Crippen LogP contribution is -2.51. The highest BCUT2D eigenvalue weighted by atomic mass is 32.2. The molecule has 1 aliphatic carbocycles. The van der Waals surface area contributed by atoms with Crippen molar-refractivity contribution in [3.05, 3.63) is 76.4 Å². The van der Waals surface area contributed by atoms with E-state index in [0.29, 0.717) is 22.8 Å². The lowest BCUT2D eigenvalue weighted by molar-refractivity contribution is 0.374. The zero-order chi connectivity index (χ0) is 28.3. The number of benzene rings is 2. The third kappa shape index (κ3) is 5.96. The molecule has 11 nitrogen and oxygen atoms in total. The molecule has 3 rings (SSSR count). The second-order valence-corrected chi connectivity index (χ2v) is 11.8. The first-order chi connectivity index (χ1) is 17.8. The number of para-hydroxylation sites is 1. The van der Waals surface area contributed by atoms with Gasteiger partial charge in [-0.05, 0) is 23.8 Å². The molecule has 0 heterocycles. The van der Waals surface area contributed by atoms with Crippen LogP contribution in [0.1, 0.15) is 11.1 Å². The van der Waals surface area contributed by atoms with E-state index in [9.17, 15) is 21.4 Å². The Hall–Kier alpha value is -3.52. The van der Waals surface area contributed by atoms with Gasteiger partial charge in [0.1, 0.15) is 28.2 Å². The molecule has 2 aromatic rings. The molecule has 38 heavy (non-hydrogen) atoms. The van der Waals surface area contributed by atoms with Crippen LogP contribution < -0.4 is 30.4 Å². The average Bonchev–Trinajstić information content (AvgIpc) is 2.87. The largest absolute Gasteiger partial charge is 0.496 e. The minimum atomic E-state index is -4.81. The van der Waals surface area contributed by atoms with Crippen molar-refractivity contribution < 1.29 is 40.3 Å². The van der Waals surface area contributed by atoms with Crippen LogP contribution in [0.5, 0.6) is 23.0 Å². The summed E-state index contributed by atoms with van der Waals surface area (Å²) in [5, 5.41) is -0.810. The van der Waals surface area contributed by atoms with E-state index in [1.807, 2.05) is 0 Å². The molecule has 2 atom stereocenters. The molecule has 2 unspecified atom stereocenters. The first kappa shape index (κ1) is 29.0. The summed E-state index contributed by atoms with van der Waals surface area (Å²) in [5.41, 5.74) is 11.3. The number of allylic oxidation sites excluding steroid dienone is 1. The average molecular weight is 567 g/mol. The monoisotopic (exact) mass is 566 g/mol. The van der Waals surface area contributed by atoms with Crippen LogP contribution in [0, 0.1) is 0 Å². The third-order valence-electron chi connectivity index (χ3n) is 6.03. The van der Waals surface area contributed by atoms with Gasteiger partial charge in [-0.25, -0.2) is 8.42 Å².